The van der Waals surface area contributed by atoms with Crippen LogP contribution in [-0.4, -0.2) is 34.2 Å². The molecule has 6 rings (SSSR count). The summed E-state index contributed by atoms with van der Waals surface area (Å²) in [6.07, 6.45) is 8.88. The summed E-state index contributed by atoms with van der Waals surface area (Å²) in [6.45, 7) is 18.0. The van der Waals surface area contributed by atoms with Crippen LogP contribution in [-0.2, 0) is 33.5 Å². The largest absolute Gasteiger partial charge is 0.489 e. The molecule has 6 atom stereocenters. The zero-order valence-electron chi connectivity index (χ0n) is 30.5. The fourth-order valence-electron chi connectivity index (χ4n) is 8.99. The average molecular weight is 669 g/mol. The molecule has 3 aromatic carbocycles. The van der Waals surface area contributed by atoms with Crippen LogP contribution in [0.5, 0.6) is 5.75 Å². The van der Waals surface area contributed by atoms with E-state index in [0.29, 0.717) is 56.2 Å². The van der Waals surface area contributed by atoms with Crippen LogP contribution in [0, 0.1) is 23.2 Å². The molecular weight excluding hydrogens is 609 g/mol. The van der Waals surface area contributed by atoms with E-state index in [2.05, 4.69) is 114 Å². The van der Waals surface area contributed by atoms with Crippen LogP contribution in [0.4, 0.5) is 0 Å². The molecule has 260 valence electrons. The van der Waals surface area contributed by atoms with Gasteiger partial charge in [-0.05, 0) is 127 Å². The highest BCUT2D eigenvalue weighted by Crippen LogP contribution is 2.64. The van der Waals surface area contributed by atoms with E-state index in [1.54, 1.807) is 5.56 Å². The predicted octanol–water partition coefficient (Wildman–Crippen LogP) is 10.8. The Kier molecular flexibility index (Phi) is 11.2. The Balaban J connectivity index is 1.13. The minimum absolute atomic E-state index is 0.234. The maximum atomic E-state index is 7.26. The minimum atomic E-state index is -1.85. The Morgan fingerprint density at radius 1 is 0.792 bits per heavy atom. The molecular formula is C43H60O4Si. The molecule has 0 aromatic heterocycles. The first-order chi connectivity index (χ1) is 23.0. The molecule has 0 unspecified atom stereocenters. The Hall–Kier alpha value is -2.44. The second-order valence-electron chi connectivity index (χ2n) is 16.7. The van der Waals surface area contributed by atoms with Gasteiger partial charge < -0.3 is 18.6 Å². The normalized spacial score (nSPS) is 26.8. The van der Waals surface area contributed by atoms with Crippen LogP contribution in [0.2, 0.25) is 18.1 Å². The van der Waals surface area contributed by atoms with E-state index >= 15 is 0 Å². The van der Waals surface area contributed by atoms with Crippen molar-refractivity contribution in [2.75, 3.05) is 19.8 Å². The van der Waals surface area contributed by atoms with Gasteiger partial charge in [-0.2, -0.15) is 0 Å². The monoisotopic (exact) mass is 668 g/mol. The topological polar surface area (TPSA) is 36.9 Å². The van der Waals surface area contributed by atoms with Gasteiger partial charge in [0.1, 0.15) is 12.4 Å². The third-order valence-electron chi connectivity index (χ3n) is 12.6. The molecule has 0 spiro atoms. The number of hydrogen-bond acceptors (Lipinski definition) is 4. The smallest absolute Gasteiger partial charge is 0.192 e. The molecule has 0 amide bonds. The van der Waals surface area contributed by atoms with Gasteiger partial charge >= 0.3 is 0 Å². The Labute approximate surface area is 292 Å². The van der Waals surface area contributed by atoms with Gasteiger partial charge in [-0.3, -0.25) is 0 Å². The fraction of sp³-hybridized carbons (Fsp3) is 0.581. The predicted molar refractivity (Wildman–Crippen MR) is 199 cm³/mol. The van der Waals surface area contributed by atoms with E-state index in [0.717, 1.165) is 25.2 Å². The molecule has 3 aromatic rings. The van der Waals surface area contributed by atoms with E-state index in [9.17, 15) is 0 Å². The fourth-order valence-corrected chi connectivity index (χ4v) is 10.4. The van der Waals surface area contributed by atoms with Crippen LogP contribution in [0.15, 0.2) is 78.9 Å². The highest BCUT2D eigenvalue weighted by molar-refractivity contribution is 6.74. The van der Waals surface area contributed by atoms with Gasteiger partial charge in [-0.1, -0.05) is 94.4 Å². The first kappa shape index (κ1) is 35.4. The quantitative estimate of drug-likeness (QED) is 0.127. The first-order valence-electron chi connectivity index (χ1n) is 18.7. The van der Waals surface area contributed by atoms with Gasteiger partial charge in [0.25, 0.3) is 0 Å². The van der Waals surface area contributed by atoms with E-state index in [1.807, 2.05) is 6.07 Å². The van der Waals surface area contributed by atoms with E-state index in [-0.39, 0.29) is 10.5 Å². The Morgan fingerprint density at radius 2 is 1.48 bits per heavy atom. The number of benzene rings is 3. The number of hydrogen-bond donors (Lipinski definition) is 0. The van der Waals surface area contributed by atoms with E-state index < -0.39 is 8.32 Å². The second kappa shape index (κ2) is 15.2. The summed E-state index contributed by atoms with van der Waals surface area (Å²) < 4.78 is 25.6. The van der Waals surface area contributed by atoms with Crippen molar-refractivity contribution in [3.05, 3.63) is 101 Å². The second-order valence-corrected chi connectivity index (χ2v) is 21.4. The summed E-state index contributed by atoms with van der Waals surface area (Å²) in [5, 5.41) is 0.234. The number of fused-ring (bicyclic) bond motifs is 5. The lowest BCUT2D eigenvalue weighted by molar-refractivity contribution is -0.0357. The summed E-state index contributed by atoms with van der Waals surface area (Å²) in [4.78, 5) is 0. The third-order valence-corrected chi connectivity index (χ3v) is 17.1. The lowest BCUT2D eigenvalue weighted by atomic mass is 9.52. The van der Waals surface area contributed by atoms with Crippen LogP contribution in [0.3, 0.4) is 0 Å². The molecule has 2 fully saturated rings. The van der Waals surface area contributed by atoms with Gasteiger partial charge in [-0.25, -0.2) is 0 Å². The Bertz CT molecular complexity index is 1450. The first-order valence-corrected chi connectivity index (χ1v) is 21.6. The standard InChI is InChI=1S/C43H60O4Si/c1-42(2,3)48(5,6)47-40-22-21-39-41-34(18-13-25-44-26-27-45-30-32-14-9-7-10-15-32)28-35-29-36(46-31-33-16-11-8-12-17-33)19-20-37(35)38(41)23-24-43(39,40)4/h7-12,14-17,19-20,29,34,38-41H,13,18,21-28,30-31H2,1-6H3/t34-,38-,39+,40+,41-,43+/m1/s1. The van der Waals surface area contributed by atoms with Crippen LogP contribution >= 0.6 is 0 Å². The van der Waals surface area contributed by atoms with Crippen molar-refractivity contribution in [1.29, 1.82) is 0 Å². The summed E-state index contributed by atoms with van der Waals surface area (Å²) >= 11 is 0. The zero-order valence-corrected chi connectivity index (χ0v) is 31.5. The molecule has 0 radical (unpaired) electrons. The van der Waals surface area contributed by atoms with Crippen molar-refractivity contribution < 1.29 is 18.6 Å². The van der Waals surface area contributed by atoms with Crippen LogP contribution < -0.4 is 4.74 Å². The van der Waals surface area contributed by atoms with Gasteiger partial charge in [0.15, 0.2) is 8.32 Å². The molecule has 0 bridgehead atoms. The third kappa shape index (κ3) is 7.96. The average Bonchev–Trinajstić information content (AvgIpc) is 3.40. The molecule has 4 nitrogen and oxygen atoms in total. The molecule has 3 aliphatic rings. The highest BCUT2D eigenvalue weighted by atomic mass is 28.4. The van der Waals surface area contributed by atoms with Crippen molar-refractivity contribution >= 4 is 8.32 Å². The Morgan fingerprint density at radius 3 is 2.19 bits per heavy atom. The highest BCUT2D eigenvalue weighted by Gasteiger charge is 2.58. The maximum Gasteiger partial charge on any atom is 0.192 e. The number of ether oxygens (including phenoxy) is 3. The van der Waals surface area contributed by atoms with Gasteiger partial charge in [-0.15, -0.1) is 0 Å². The molecule has 0 heterocycles. The molecule has 48 heavy (non-hydrogen) atoms. The summed E-state index contributed by atoms with van der Waals surface area (Å²) in [5.74, 6) is 3.69. The van der Waals surface area contributed by atoms with Gasteiger partial charge in [0.2, 0.25) is 0 Å². The summed E-state index contributed by atoms with van der Waals surface area (Å²) in [5.41, 5.74) is 5.78. The van der Waals surface area contributed by atoms with Gasteiger partial charge in [0, 0.05) is 6.61 Å². The minimum Gasteiger partial charge on any atom is -0.489 e. The van der Waals surface area contributed by atoms with E-state index in [1.165, 1.54) is 48.8 Å². The lowest BCUT2D eigenvalue weighted by Gasteiger charge is -2.54. The number of rotatable bonds is 14. The zero-order chi connectivity index (χ0) is 33.8. The van der Waals surface area contributed by atoms with Crippen molar-refractivity contribution in [1.82, 2.24) is 0 Å². The molecule has 5 heteroatoms. The van der Waals surface area contributed by atoms with Crippen LogP contribution in [0.1, 0.15) is 94.4 Å². The van der Waals surface area contributed by atoms with Gasteiger partial charge in [0.05, 0.1) is 25.9 Å². The van der Waals surface area contributed by atoms with Crippen molar-refractivity contribution in [3.63, 3.8) is 0 Å². The summed E-state index contributed by atoms with van der Waals surface area (Å²) in [7, 11) is -1.85. The lowest BCUT2D eigenvalue weighted by Crippen LogP contribution is -2.51. The van der Waals surface area contributed by atoms with Crippen molar-refractivity contribution in [3.8, 4) is 5.75 Å². The van der Waals surface area contributed by atoms with E-state index in [4.69, 9.17) is 18.6 Å². The summed E-state index contributed by atoms with van der Waals surface area (Å²) in [6, 6.07) is 27.9. The van der Waals surface area contributed by atoms with Crippen molar-refractivity contribution in [2.45, 2.75) is 116 Å². The molecule has 2 saturated carbocycles. The molecule has 3 aliphatic carbocycles. The SMILES string of the molecule is CC(C)(C)[Si](C)(C)O[C@H]1CC[C@H]2[C@@H]3[C@H](CCCOCCOCc4ccccc4)Cc4cc(OCc5ccccc5)ccc4[C@H]3CC[C@]12C. The van der Waals surface area contributed by atoms with Crippen molar-refractivity contribution in [2.24, 2.45) is 23.2 Å². The maximum absolute atomic E-state index is 7.26. The molecule has 0 N–H and O–H groups in total. The van der Waals surface area contributed by atoms with Crippen LogP contribution in [0.25, 0.3) is 0 Å². The molecule has 0 aliphatic heterocycles. The molecule has 0 saturated heterocycles.